The molecule has 112 valence electrons. The fourth-order valence-electron chi connectivity index (χ4n) is 2.19. The lowest BCUT2D eigenvalue weighted by Gasteiger charge is -2.15. The van der Waals surface area contributed by atoms with Gasteiger partial charge in [-0.25, -0.2) is 0 Å². The van der Waals surface area contributed by atoms with Crippen molar-refractivity contribution >= 4 is 114 Å². The van der Waals surface area contributed by atoms with Gasteiger partial charge in [0.15, 0.2) is 0 Å². The van der Waals surface area contributed by atoms with Gasteiger partial charge in [0.25, 0.3) is 0 Å². The van der Waals surface area contributed by atoms with Crippen molar-refractivity contribution in [3.8, 4) is 0 Å². The summed E-state index contributed by atoms with van der Waals surface area (Å²) in [6.45, 7) is 0. The molecule has 0 N–H and O–H groups in total. The van der Waals surface area contributed by atoms with Gasteiger partial charge >= 0.3 is 0 Å². The Kier molecular flexibility index (Phi) is 4.80. The first-order valence-corrected chi connectivity index (χ1v) is 8.54. The highest BCUT2D eigenvalue weighted by atomic mass is 35.5. The van der Waals surface area contributed by atoms with E-state index in [1.54, 1.807) is 0 Å². The molecule has 0 aromatic heterocycles. The molecule has 0 fully saturated rings. The van der Waals surface area contributed by atoms with Gasteiger partial charge in [-0.3, -0.25) is 0 Å². The molecule has 2 radical (unpaired) electrons. The molecule has 0 amide bonds. The van der Waals surface area contributed by atoms with E-state index < -0.39 is 0 Å². The van der Waals surface area contributed by atoms with Crippen LogP contribution in [0.4, 0.5) is 0 Å². The van der Waals surface area contributed by atoms with E-state index in [1.807, 2.05) is 0 Å². The van der Waals surface area contributed by atoms with E-state index in [0.717, 1.165) is 0 Å². The average molecular weight is 452 g/mol. The Balaban J connectivity index is 2.84. The summed E-state index contributed by atoms with van der Waals surface area (Å²) in [6.07, 6.45) is 0. The molecule has 0 bridgehead atoms. The third-order valence-electron chi connectivity index (χ3n) is 3.08. The summed E-state index contributed by atoms with van der Waals surface area (Å²) in [7, 11) is 0. The number of fused-ring (bicyclic) bond motifs is 3. The van der Waals surface area contributed by atoms with E-state index in [2.05, 4.69) is 12.1 Å². The van der Waals surface area contributed by atoms with E-state index in [0.29, 0.717) is 21.5 Å². The van der Waals surface area contributed by atoms with Gasteiger partial charge in [-0.1, -0.05) is 92.8 Å². The second-order valence-corrected chi connectivity index (χ2v) is 7.29. The zero-order valence-corrected chi connectivity index (χ0v) is 16.1. The second-order valence-electron chi connectivity index (χ2n) is 4.26. The van der Waals surface area contributed by atoms with Gasteiger partial charge in [-0.2, -0.15) is 0 Å². The minimum atomic E-state index is 0.120. The lowest BCUT2D eigenvalue weighted by molar-refractivity contribution is 1.73. The summed E-state index contributed by atoms with van der Waals surface area (Å²) in [5.41, 5.74) is 0. The van der Waals surface area contributed by atoms with Crippen LogP contribution in [0.5, 0.6) is 0 Å². The van der Waals surface area contributed by atoms with Crippen molar-refractivity contribution in [1.82, 2.24) is 0 Å². The Labute approximate surface area is 165 Å². The van der Waals surface area contributed by atoms with Crippen LogP contribution in [0.1, 0.15) is 0 Å². The molecule has 8 heteroatoms. The normalized spacial score (nSPS) is 11.6. The first kappa shape index (κ1) is 17.3. The highest BCUT2D eigenvalue weighted by molar-refractivity contribution is 6.59. The third-order valence-corrected chi connectivity index (χ3v) is 6.02. The van der Waals surface area contributed by atoms with Crippen molar-refractivity contribution in [2.45, 2.75) is 0 Å². The number of rotatable bonds is 0. The van der Waals surface area contributed by atoms with Crippen molar-refractivity contribution in [1.29, 1.82) is 0 Å². The molecule has 22 heavy (non-hydrogen) atoms. The zero-order chi connectivity index (χ0) is 16.3. The highest BCUT2D eigenvalue weighted by Gasteiger charge is 2.23. The summed E-state index contributed by atoms with van der Waals surface area (Å²) in [5.74, 6) is 0. The minimum absolute atomic E-state index is 0.120. The van der Waals surface area contributed by atoms with Gasteiger partial charge in [0, 0.05) is 33.7 Å². The maximum atomic E-state index is 6.31. The molecule has 0 spiro atoms. The number of hydrogen-bond donors (Lipinski definition) is 0. The van der Waals surface area contributed by atoms with Crippen LogP contribution in [-0.2, 0) is 0 Å². The Morgan fingerprint density at radius 3 is 1.00 bits per heavy atom. The van der Waals surface area contributed by atoms with Crippen LogP contribution in [0.15, 0.2) is 0 Å². The van der Waals surface area contributed by atoms with Gasteiger partial charge in [0.1, 0.15) is 0 Å². The predicted molar refractivity (Wildman–Crippen MR) is 99.2 cm³/mol. The van der Waals surface area contributed by atoms with Crippen molar-refractivity contribution < 1.29 is 0 Å². The molecular weight excluding hydrogens is 452 g/mol. The van der Waals surface area contributed by atoms with E-state index in [-0.39, 0.29) is 40.2 Å². The summed E-state index contributed by atoms with van der Waals surface area (Å²) in [6, 6.07) is 5.40. The van der Waals surface area contributed by atoms with Crippen molar-refractivity contribution in [2.24, 2.45) is 0 Å². The maximum Gasteiger partial charge on any atom is 0.0693 e. The summed E-state index contributed by atoms with van der Waals surface area (Å²) in [4.78, 5) is 0. The van der Waals surface area contributed by atoms with Gasteiger partial charge < -0.3 is 0 Å². The summed E-state index contributed by atoms with van der Waals surface area (Å²) in [5, 5.41) is 2.79. The summed E-state index contributed by atoms with van der Waals surface area (Å²) < 4.78 is 0. The van der Waals surface area contributed by atoms with E-state index in [4.69, 9.17) is 92.8 Å². The molecule has 0 atom stereocenters. The Bertz CT molecular complexity index is 882. The van der Waals surface area contributed by atoms with Crippen LogP contribution in [0.25, 0.3) is 21.5 Å². The van der Waals surface area contributed by atoms with Crippen LogP contribution in [0.3, 0.4) is 0 Å². The van der Waals surface area contributed by atoms with Crippen LogP contribution in [0.2, 0.25) is 40.2 Å². The first-order chi connectivity index (χ1) is 10.3. The molecule has 0 saturated heterocycles. The Morgan fingerprint density at radius 1 is 0.364 bits per heavy atom. The third kappa shape index (κ3) is 2.44. The first-order valence-electron chi connectivity index (χ1n) is 5.51. The SMILES string of the molecule is Clc1[c]c(Cl)c2c(Cl)c(Cl)c3c(Cl)[c]c(Cl)c(Cl)c3c2c1Cl. The molecule has 0 nitrogen and oxygen atoms in total. The van der Waals surface area contributed by atoms with Gasteiger partial charge in [-0.05, 0) is 0 Å². The molecule has 0 saturated carbocycles. The maximum absolute atomic E-state index is 6.31. The molecule has 0 heterocycles. The predicted octanol–water partition coefficient (Wildman–Crippen LogP) is 8.82. The molecule has 0 aliphatic rings. The van der Waals surface area contributed by atoms with Crippen LogP contribution in [0, 0.1) is 12.1 Å². The van der Waals surface area contributed by atoms with Crippen molar-refractivity contribution in [3.63, 3.8) is 0 Å². The van der Waals surface area contributed by atoms with Crippen molar-refractivity contribution in [2.75, 3.05) is 0 Å². The lowest BCUT2D eigenvalue weighted by atomic mass is 10.0. The molecule has 0 aliphatic heterocycles. The molecule has 0 aliphatic carbocycles. The number of hydrogen-bond acceptors (Lipinski definition) is 0. The molecule has 0 unspecified atom stereocenters. The topological polar surface area (TPSA) is 0 Å². The number of halogens is 8. The minimum Gasteiger partial charge on any atom is -0.0829 e. The molecular formula is C14Cl8. The average Bonchev–Trinajstić information content (AvgIpc) is 2.44. The fraction of sp³-hybridized carbons (Fsp3) is 0. The monoisotopic (exact) mass is 448 g/mol. The van der Waals surface area contributed by atoms with E-state index >= 15 is 0 Å². The van der Waals surface area contributed by atoms with Crippen LogP contribution < -0.4 is 0 Å². The fourth-order valence-corrected chi connectivity index (χ4v) is 4.36. The molecule has 3 rings (SSSR count). The smallest absolute Gasteiger partial charge is 0.0693 e. The van der Waals surface area contributed by atoms with Crippen molar-refractivity contribution in [3.05, 3.63) is 52.3 Å². The largest absolute Gasteiger partial charge is 0.0829 e. The van der Waals surface area contributed by atoms with Gasteiger partial charge in [-0.15, -0.1) is 0 Å². The second kappa shape index (κ2) is 6.10. The lowest BCUT2D eigenvalue weighted by Crippen LogP contribution is -1.89. The zero-order valence-electron chi connectivity index (χ0n) is 10.0. The standard InChI is InChI=1S/C14Cl8/c15-3-1-5(17)11(19)9-7(3)13(21)14(22)8-4(16)2-6(18)12(20)10(8)9. The highest BCUT2D eigenvalue weighted by Crippen LogP contribution is 2.51. The summed E-state index contributed by atoms with van der Waals surface area (Å²) >= 11 is 49.7. The van der Waals surface area contributed by atoms with E-state index in [9.17, 15) is 0 Å². The van der Waals surface area contributed by atoms with E-state index in [1.165, 1.54) is 0 Å². The molecule has 3 aromatic rings. The van der Waals surface area contributed by atoms with Crippen LogP contribution in [-0.4, -0.2) is 0 Å². The van der Waals surface area contributed by atoms with Crippen LogP contribution >= 0.6 is 92.8 Å². The van der Waals surface area contributed by atoms with Gasteiger partial charge in [0.05, 0.1) is 40.2 Å². The molecule has 3 aromatic carbocycles. The van der Waals surface area contributed by atoms with Gasteiger partial charge in [0.2, 0.25) is 0 Å². The quantitative estimate of drug-likeness (QED) is 0.236. The number of benzene rings is 3. The Hall–Kier alpha value is 0.500. The Morgan fingerprint density at radius 2 is 0.682 bits per heavy atom.